The molecule has 0 atom stereocenters. The number of unbranched alkanes of at least 4 members (excludes halogenated alkanes) is 4. The van der Waals surface area contributed by atoms with Gasteiger partial charge in [0, 0.05) is 0 Å². The van der Waals surface area contributed by atoms with Crippen molar-refractivity contribution in [3.05, 3.63) is 35.4 Å². The summed E-state index contributed by atoms with van der Waals surface area (Å²) in [5, 5.41) is 0. The lowest BCUT2D eigenvalue weighted by atomic mass is 9.77. The van der Waals surface area contributed by atoms with Crippen LogP contribution < -0.4 is 0 Å². The van der Waals surface area contributed by atoms with E-state index < -0.39 is 11.6 Å². The Kier molecular flexibility index (Phi) is 8.05. The summed E-state index contributed by atoms with van der Waals surface area (Å²) in [4.78, 5) is 0. The Hall–Kier alpha value is -0.920. The Morgan fingerprint density at radius 2 is 1.48 bits per heavy atom. The van der Waals surface area contributed by atoms with E-state index in [9.17, 15) is 8.78 Å². The molecule has 0 heterocycles. The third-order valence-corrected chi connectivity index (χ3v) is 5.51. The highest BCUT2D eigenvalue weighted by Crippen LogP contribution is 2.34. The molecule has 2 rings (SSSR count). The fraction of sp³-hybridized carbons (Fsp3) is 0.714. The van der Waals surface area contributed by atoms with Crippen molar-refractivity contribution < 1.29 is 8.78 Å². The standard InChI is InChI=1S/C21H32F2/c1-2-3-4-5-6-7-17-8-10-18(11-9-17)12-13-19-14-15-20(22)21(23)16-19/h14-18H,2-13H2,1H3/t17-,18-. The second-order valence-electron chi connectivity index (χ2n) is 7.38. The third-order valence-electron chi connectivity index (χ3n) is 5.51. The lowest BCUT2D eigenvalue weighted by molar-refractivity contribution is 0.248. The molecule has 1 saturated carbocycles. The van der Waals surface area contributed by atoms with Crippen LogP contribution in [0.2, 0.25) is 0 Å². The van der Waals surface area contributed by atoms with Crippen LogP contribution in [-0.2, 0) is 6.42 Å². The summed E-state index contributed by atoms with van der Waals surface area (Å²) in [6, 6.07) is 4.33. The summed E-state index contributed by atoms with van der Waals surface area (Å²) in [5.74, 6) is 0.262. The van der Waals surface area contributed by atoms with Gasteiger partial charge in [-0.3, -0.25) is 0 Å². The van der Waals surface area contributed by atoms with Crippen LogP contribution in [0.1, 0.15) is 83.1 Å². The molecule has 130 valence electrons. The summed E-state index contributed by atoms with van der Waals surface area (Å²) in [5.41, 5.74) is 0.932. The smallest absolute Gasteiger partial charge is 0.159 e. The zero-order chi connectivity index (χ0) is 16.5. The second-order valence-corrected chi connectivity index (χ2v) is 7.38. The molecule has 0 saturated heterocycles. The molecule has 0 N–H and O–H groups in total. The molecular formula is C21H32F2. The molecule has 0 radical (unpaired) electrons. The molecule has 0 amide bonds. The monoisotopic (exact) mass is 322 g/mol. The zero-order valence-corrected chi connectivity index (χ0v) is 14.6. The molecule has 1 aliphatic carbocycles. The van der Waals surface area contributed by atoms with Crippen LogP contribution in [0.5, 0.6) is 0 Å². The van der Waals surface area contributed by atoms with Gasteiger partial charge in [0.15, 0.2) is 11.6 Å². The number of aryl methyl sites for hydroxylation is 1. The van der Waals surface area contributed by atoms with Gasteiger partial charge in [-0.25, -0.2) is 8.78 Å². The number of benzene rings is 1. The van der Waals surface area contributed by atoms with Gasteiger partial charge in [0.25, 0.3) is 0 Å². The minimum absolute atomic E-state index is 0.714. The summed E-state index contributed by atoms with van der Waals surface area (Å²) >= 11 is 0. The van der Waals surface area contributed by atoms with Gasteiger partial charge in [-0.1, -0.05) is 77.2 Å². The van der Waals surface area contributed by atoms with Gasteiger partial charge in [0.2, 0.25) is 0 Å². The zero-order valence-electron chi connectivity index (χ0n) is 14.6. The molecule has 1 aliphatic rings. The largest absolute Gasteiger partial charge is 0.204 e. The topological polar surface area (TPSA) is 0 Å². The maximum Gasteiger partial charge on any atom is 0.159 e. The molecule has 1 fully saturated rings. The van der Waals surface area contributed by atoms with Crippen LogP contribution >= 0.6 is 0 Å². The molecule has 1 aromatic rings. The van der Waals surface area contributed by atoms with Crippen LogP contribution in [0.15, 0.2) is 18.2 Å². The van der Waals surface area contributed by atoms with E-state index in [4.69, 9.17) is 0 Å². The van der Waals surface area contributed by atoms with E-state index in [1.807, 2.05) is 0 Å². The van der Waals surface area contributed by atoms with Crippen molar-refractivity contribution in [1.82, 2.24) is 0 Å². The van der Waals surface area contributed by atoms with E-state index in [0.717, 1.165) is 30.2 Å². The molecule has 0 unspecified atom stereocenters. The maximum absolute atomic E-state index is 13.2. The minimum Gasteiger partial charge on any atom is -0.204 e. The Morgan fingerprint density at radius 1 is 0.826 bits per heavy atom. The number of hydrogen-bond donors (Lipinski definition) is 0. The first-order valence-electron chi connectivity index (χ1n) is 9.63. The van der Waals surface area contributed by atoms with E-state index in [1.54, 1.807) is 6.07 Å². The molecule has 0 spiro atoms. The molecular weight excluding hydrogens is 290 g/mol. The summed E-state index contributed by atoms with van der Waals surface area (Å²) < 4.78 is 26.1. The first-order chi connectivity index (χ1) is 11.2. The Bertz CT molecular complexity index is 447. The third kappa shape index (κ3) is 6.61. The highest BCUT2D eigenvalue weighted by molar-refractivity contribution is 5.17. The van der Waals surface area contributed by atoms with Crippen molar-refractivity contribution >= 4 is 0 Å². The lowest BCUT2D eigenvalue weighted by Gasteiger charge is -2.28. The minimum atomic E-state index is -0.742. The number of rotatable bonds is 9. The SMILES string of the molecule is CCCCCCC[C@H]1CC[C@H](CCc2ccc(F)c(F)c2)CC1. The summed E-state index contributed by atoms with van der Waals surface area (Å²) in [7, 11) is 0. The Balaban J connectivity index is 1.60. The average Bonchev–Trinajstić information content (AvgIpc) is 2.57. The van der Waals surface area contributed by atoms with E-state index in [2.05, 4.69) is 6.92 Å². The Labute approximate surface area is 140 Å². The molecule has 0 aromatic heterocycles. The quantitative estimate of drug-likeness (QED) is 0.427. The van der Waals surface area contributed by atoms with Crippen molar-refractivity contribution in [3.8, 4) is 0 Å². The van der Waals surface area contributed by atoms with Crippen LogP contribution in [0.4, 0.5) is 8.78 Å². The highest BCUT2D eigenvalue weighted by atomic mass is 19.2. The van der Waals surface area contributed by atoms with E-state index >= 15 is 0 Å². The van der Waals surface area contributed by atoms with Gasteiger partial charge in [0.1, 0.15) is 0 Å². The fourth-order valence-corrected chi connectivity index (χ4v) is 3.91. The predicted molar refractivity (Wildman–Crippen MR) is 93.5 cm³/mol. The molecule has 0 bridgehead atoms. The van der Waals surface area contributed by atoms with Crippen LogP contribution in [0.3, 0.4) is 0 Å². The van der Waals surface area contributed by atoms with Gasteiger partial charge in [-0.15, -0.1) is 0 Å². The van der Waals surface area contributed by atoms with E-state index in [0.29, 0.717) is 0 Å². The summed E-state index contributed by atoms with van der Waals surface area (Å²) in [6.45, 7) is 2.27. The van der Waals surface area contributed by atoms with Gasteiger partial charge in [-0.05, 0) is 42.4 Å². The van der Waals surface area contributed by atoms with E-state index in [1.165, 1.54) is 76.3 Å². The average molecular weight is 322 g/mol. The van der Waals surface area contributed by atoms with Gasteiger partial charge in [0.05, 0.1) is 0 Å². The molecule has 23 heavy (non-hydrogen) atoms. The van der Waals surface area contributed by atoms with Crippen molar-refractivity contribution in [2.24, 2.45) is 11.8 Å². The predicted octanol–water partition coefficient (Wildman–Crippen LogP) is 7.06. The molecule has 2 heteroatoms. The Morgan fingerprint density at radius 3 is 2.13 bits per heavy atom. The van der Waals surface area contributed by atoms with Crippen molar-refractivity contribution in [3.63, 3.8) is 0 Å². The highest BCUT2D eigenvalue weighted by Gasteiger charge is 2.20. The van der Waals surface area contributed by atoms with Gasteiger partial charge >= 0.3 is 0 Å². The molecule has 0 aliphatic heterocycles. The van der Waals surface area contributed by atoms with Gasteiger partial charge in [-0.2, -0.15) is 0 Å². The van der Waals surface area contributed by atoms with Crippen molar-refractivity contribution in [2.75, 3.05) is 0 Å². The van der Waals surface area contributed by atoms with Crippen molar-refractivity contribution in [2.45, 2.75) is 84.0 Å². The fourth-order valence-electron chi connectivity index (χ4n) is 3.91. The summed E-state index contributed by atoms with van der Waals surface area (Å²) in [6.07, 6.45) is 15.7. The lowest BCUT2D eigenvalue weighted by Crippen LogP contribution is -2.15. The normalized spacial score (nSPS) is 21.5. The molecule has 0 nitrogen and oxygen atoms in total. The molecule has 1 aromatic carbocycles. The number of hydrogen-bond acceptors (Lipinski definition) is 0. The van der Waals surface area contributed by atoms with Crippen LogP contribution in [-0.4, -0.2) is 0 Å². The maximum atomic E-state index is 13.2. The van der Waals surface area contributed by atoms with Crippen LogP contribution in [0, 0.1) is 23.5 Å². The van der Waals surface area contributed by atoms with Crippen LogP contribution in [0.25, 0.3) is 0 Å². The first-order valence-corrected chi connectivity index (χ1v) is 9.63. The first kappa shape index (κ1) is 18.4. The van der Waals surface area contributed by atoms with Gasteiger partial charge < -0.3 is 0 Å². The second kappa shape index (κ2) is 10.1. The van der Waals surface area contributed by atoms with E-state index in [-0.39, 0.29) is 0 Å². The van der Waals surface area contributed by atoms with Crippen molar-refractivity contribution in [1.29, 1.82) is 0 Å². The number of halogens is 2.